The highest BCUT2D eigenvalue weighted by Gasteiger charge is 2.01. The molecule has 5 heteroatoms. The number of benzene rings is 1. The first kappa shape index (κ1) is 15.5. The van der Waals surface area contributed by atoms with Crippen molar-refractivity contribution in [3.05, 3.63) is 70.5 Å². The zero-order valence-corrected chi connectivity index (χ0v) is 13.7. The van der Waals surface area contributed by atoms with Crippen molar-refractivity contribution in [1.29, 1.82) is 0 Å². The molecule has 0 fully saturated rings. The van der Waals surface area contributed by atoms with Crippen molar-refractivity contribution >= 4 is 11.3 Å². The average molecular weight is 326 g/mol. The number of hydrogen-bond acceptors (Lipinski definition) is 5. The highest BCUT2D eigenvalue weighted by Crippen LogP contribution is 2.22. The van der Waals surface area contributed by atoms with Gasteiger partial charge in [-0.1, -0.05) is 6.07 Å². The van der Waals surface area contributed by atoms with Crippen LogP contribution in [0.5, 0.6) is 17.4 Å². The van der Waals surface area contributed by atoms with E-state index in [1.807, 2.05) is 42.6 Å². The number of nitrogens with zero attached hydrogens (tertiary/aromatic N) is 1. The van der Waals surface area contributed by atoms with Crippen molar-refractivity contribution in [2.75, 3.05) is 7.11 Å². The lowest BCUT2D eigenvalue weighted by atomic mass is 10.2. The Balaban J connectivity index is 1.51. The zero-order valence-electron chi connectivity index (χ0n) is 12.9. The van der Waals surface area contributed by atoms with E-state index in [4.69, 9.17) is 9.47 Å². The minimum atomic E-state index is 0.580. The minimum absolute atomic E-state index is 0.580. The molecule has 0 saturated carbocycles. The van der Waals surface area contributed by atoms with Crippen molar-refractivity contribution in [2.45, 2.75) is 13.1 Å². The van der Waals surface area contributed by atoms with Crippen molar-refractivity contribution in [1.82, 2.24) is 10.3 Å². The summed E-state index contributed by atoms with van der Waals surface area (Å²) in [4.78, 5) is 4.34. The molecular weight excluding hydrogens is 308 g/mol. The Labute approximate surface area is 139 Å². The average Bonchev–Trinajstić information content (AvgIpc) is 3.11. The normalized spacial score (nSPS) is 10.5. The third-order valence-corrected chi connectivity index (χ3v) is 4.05. The quantitative estimate of drug-likeness (QED) is 0.705. The van der Waals surface area contributed by atoms with Crippen LogP contribution in [-0.4, -0.2) is 12.1 Å². The lowest BCUT2D eigenvalue weighted by Gasteiger charge is -2.07. The third kappa shape index (κ3) is 4.55. The molecule has 1 N–H and O–H groups in total. The summed E-state index contributed by atoms with van der Waals surface area (Å²) in [5, 5.41) is 7.63. The van der Waals surface area contributed by atoms with Crippen LogP contribution in [0.4, 0.5) is 0 Å². The SMILES string of the molecule is COc1ccc(Oc2ccc(CNCc3ccsc3)cn2)cc1. The maximum absolute atomic E-state index is 5.71. The number of methoxy groups -OCH3 is 1. The van der Waals surface area contributed by atoms with Crippen LogP contribution in [0.1, 0.15) is 11.1 Å². The van der Waals surface area contributed by atoms with Gasteiger partial charge in [-0.3, -0.25) is 0 Å². The Morgan fingerprint density at radius 1 is 0.957 bits per heavy atom. The molecule has 0 aliphatic heterocycles. The molecule has 1 aromatic carbocycles. The fourth-order valence-corrected chi connectivity index (χ4v) is 2.75. The monoisotopic (exact) mass is 326 g/mol. The predicted molar refractivity (Wildman–Crippen MR) is 92.2 cm³/mol. The molecule has 0 atom stereocenters. The van der Waals surface area contributed by atoms with Gasteiger partial charge in [0, 0.05) is 25.4 Å². The molecule has 0 radical (unpaired) electrons. The van der Waals surface area contributed by atoms with Gasteiger partial charge in [0.2, 0.25) is 5.88 Å². The van der Waals surface area contributed by atoms with Crippen molar-refractivity contribution < 1.29 is 9.47 Å². The van der Waals surface area contributed by atoms with E-state index in [-0.39, 0.29) is 0 Å². The lowest BCUT2D eigenvalue weighted by Crippen LogP contribution is -2.12. The highest BCUT2D eigenvalue weighted by molar-refractivity contribution is 7.07. The van der Waals surface area contributed by atoms with Gasteiger partial charge in [-0.05, 0) is 52.2 Å². The summed E-state index contributed by atoms with van der Waals surface area (Å²) in [6.45, 7) is 1.65. The minimum Gasteiger partial charge on any atom is -0.497 e. The molecule has 0 amide bonds. The largest absolute Gasteiger partial charge is 0.497 e. The number of thiophene rings is 1. The molecule has 0 spiro atoms. The number of rotatable bonds is 7. The van der Waals surface area contributed by atoms with Crippen molar-refractivity contribution in [3.8, 4) is 17.4 Å². The number of hydrogen-bond donors (Lipinski definition) is 1. The maximum atomic E-state index is 5.71. The molecular formula is C18H18N2O2S. The van der Waals surface area contributed by atoms with Gasteiger partial charge >= 0.3 is 0 Å². The van der Waals surface area contributed by atoms with Crippen LogP contribution in [0.2, 0.25) is 0 Å². The van der Waals surface area contributed by atoms with E-state index in [1.165, 1.54) is 5.56 Å². The zero-order chi connectivity index (χ0) is 15.9. The van der Waals surface area contributed by atoms with Gasteiger partial charge in [-0.2, -0.15) is 11.3 Å². The number of ether oxygens (including phenoxy) is 2. The first-order chi connectivity index (χ1) is 11.3. The second-order valence-corrected chi connectivity index (χ2v) is 5.80. The summed E-state index contributed by atoms with van der Waals surface area (Å²) in [6, 6.07) is 13.5. The van der Waals surface area contributed by atoms with E-state index in [1.54, 1.807) is 18.4 Å². The number of aromatic nitrogens is 1. The summed E-state index contributed by atoms with van der Waals surface area (Å²) in [5.41, 5.74) is 2.43. The van der Waals surface area contributed by atoms with Crippen LogP contribution in [0.15, 0.2) is 59.4 Å². The molecule has 0 aliphatic carbocycles. The van der Waals surface area contributed by atoms with Gasteiger partial charge in [-0.15, -0.1) is 0 Å². The first-order valence-corrected chi connectivity index (χ1v) is 8.26. The Morgan fingerprint density at radius 3 is 2.39 bits per heavy atom. The second kappa shape index (κ2) is 7.76. The topological polar surface area (TPSA) is 43.4 Å². The lowest BCUT2D eigenvalue weighted by molar-refractivity contribution is 0.412. The van der Waals surface area contributed by atoms with Crippen LogP contribution in [0, 0.1) is 0 Å². The molecule has 0 bridgehead atoms. The summed E-state index contributed by atoms with van der Waals surface area (Å²) in [7, 11) is 1.64. The van der Waals surface area contributed by atoms with Crippen LogP contribution in [0.3, 0.4) is 0 Å². The molecule has 2 aromatic heterocycles. The van der Waals surface area contributed by atoms with Crippen molar-refractivity contribution in [2.24, 2.45) is 0 Å². The fraction of sp³-hybridized carbons (Fsp3) is 0.167. The molecule has 0 unspecified atom stereocenters. The molecule has 23 heavy (non-hydrogen) atoms. The van der Waals surface area contributed by atoms with E-state index in [9.17, 15) is 0 Å². The third-order valence-electron chi connectivity index (χ3n) is 3.32. The van der Waals surface area contributed by atoms with Crippen LogP contribution in [0.25, 0.3) is 0 Å². The van der Waals surface area contributed by atoms with Gasteiger partial charge in [0.05, 0.1) is 7.11 Å². The van der Waals surface area contributed by atoms with Crippen LogP contribution >= 0.6 is 11.3 Å². The Kier molecular flexibility index (Phi) is 5.24. The van der Waals surface area contributed by atoms with Crippen LogP contribution < -0.4 is 14.8 Å². The molecule has 2 heterocycles. The number of nitrogens with one attached hydrogen (secondary N) is 1. The molecule has 3 rings (SSSR count). The standard InChI is InChI=1S/C18H18N2O2S/c1-21-16-3-5-17(6-4-16)22-18-7-2-14(12-20-18)10-19-11-15-8-9-23-13-15/h2-9,12-13,19H,10-11H2,1H3. The Morgan fingerprint density at radius 2 is 1.74 bits per heavy atom. The fourth-order valence-electron chi connectivity index (χ4n) is 2.08. The van der Waals surface area contributed by atoms with Crippen LogP contribution in [-0.2, 0) is 13.1 Å². The maximum Gasteiger partial charge on any atom is 0.219 e. The van der Waals surface area contributed by atoms with E-state index in [0.29, 0.717) is 5.88 Å². The van der Waals surface area contributed by atoms with Gasteiger partial charge in [0.25, 0.3) is 0 Å². The van der Waals surface area contributed by atoms with E-state index in [0.717, 1.165) is 30.2 Å². The number of pyridine rings is 1. The summed E-state index contributed by atoms with van der Waals surface area (Å²) in [5.74, 6) is 2.12. The highest BCUT2D eigenvalue weighted by atomic mass is 32.1. The van der Waals surface area contributed by atoms with E-state index in [2.05, 4.69) is 27.1 Å². The molecule has 0 aliphatic rings. The summed E-state index contributed by atoms with van der Waals surface area (Å²) in [6.07, 6.45) is 1.83. The van der Waals surface area contributed by atoms with E-state index >= 15 is 0 Å². The summed E-state index contributed by atoms with van der Waals surface area (Å²) >= 11 is 1.71. The molecule has 3 aromatic rings. The molecule has 0 saturated heterocycles. The second-order valence-electron chi connectivity index (χ2n) is 5.02. The predicted octanol–water partition coefficient (Wildman–Crippen LogP) is 4.23. The smallest absolute Gasteiger partial charge is 0.219 e. The molecule has 4 nitrogen and oxygen atoms in total. The Bertz CT molecular complexity index is 710. The van der Waals surface area contributed by atoms with Gasteiger partial charge in [-0.25, -0.2) is 4.98 Å². The van der Waals surface area contributed by atoms with E-state index < -0.39 is 0 Å². The first-order valence-electron chi connectivity index (χ1n) is 7.32. The Hall–Kier alpha value is -2.37. The van der Waals surface area contributed by atoms with Gasteiger partial charge in [0.15, 0.2) is 0 Å². The van der Waals surface area contributed by atoms with Crippen molar-refractivity contribution in [3.63, 3.8) is 0 Å². The summed E-state index contributed by atoms with van der Waals surface area (Å²) < 4.78 is 10.8. The van der Waals surface area contributed by atoms with Gasteiger partial charge in [0.1, 0.15) is 11.5 Å². The van der Waals surface area contributed by atoms with Gasteiger partial charge < -0.3 is 14.8 Å². The molecule has 118 valence electrons.